The van der Waals surface area contributed by atoms with Crippen LogP contribution in [0.4, 0.5) is 0 Å². The molecule has 0 saturated carbocycles. The molecule has 0 spiro atoms. The molecule has 738 valence electrons. The molecule has 135 heavy (non-hydrogen) atoms. The van der Waals surface area contributed by atoms with Gasteiger partial charge in [-0.2, -0.15) is 12.6 Å². The zero-order valence-electron chi connectivity index (χ0n) is 75.2. The molecular formula is C87H122N20O27S. The summed E-state index contributed by atoms with van der Waals surface area (Å²) in [4.78, 5) is 255. The summed E-state index contributed by atoms with van der Waals surface area (Å²) in [5.41, 5.74) is 18.8. The fourth-order valence-corrected chi connectivity index (χ4v) is 13.7. The van der Waals surface area contributed by atoms with Crippen LogP contribution in [0.25, 0.3) is 10.9 Å². The van der Waals surface area contributed by atoms with Crippen molar-refractivity contribution >= 4 is 136 Å². The summed E-state index contributed by atoms with van der Waals surface area (Å²) in [5, 5.41) is 128. The van der Waals surface area contributed by atoms with Crippen molar-refractivity contribution < 1.29 is 132 Å². The maximum absolute atomic E-state index is 15.0. The Morgan fingerprint density at radius 3 is 1.32 bits per heavy atom. The average molecular weight is 1910 g/mol. The Morgan fingerprint density at radius 1 is 0.407 bits per heavy atom. The van der Waals surface area contributed by atoms with E-state index in [0.29, 0.717) is 27.6 Å². The van der Waals surface area contributed by atoms with Crippen molar-refractivity contribution in [2.75, 3.05) is 32.1 Å². The van der Waals surface area contributed by atoms with Gasteiger partial charge in [-0.15, -0.1) is 0 Å². The van der Waals surface area contributed by atoms with Crippen molar-refractivity contribution in [3.63, 3.8) is 0 Å². The number of rotatable bonds is 57. The van der Waals surface area contributed by atoms with Gasteiger partial charge in [-0.05, 0) is 124 Å². The number of aliphatic imine (C=N–C) groups is 1. The van der Waals surface area contributed by atoms with Gasteiger partial charge in [0.25, 0.3) is 0 Å². The molecule has 48 heteroatoms. The number of aliphatic hydroxyl groups excluding tert-OH is 4. The van der Waals surface area contributed by atoms with E-state index in [-0.39, 0.29) is 67.6 Å². The number of carbonyl (C=O) groups excluding carboxylic acids is 15. The number of nitrogens with two attached hydrogens (primary N) is 3. The number of nitrogens with zero attached hydrogens (tertiary/aromatic N) is 1. The fourth-order valence-electron chi connectivity index (χ4n) is 13.5. The van der Waals surface area contributed by atoms with Crippen molar-refractivity contribution in [1.82, 2.24) is 84.7 Å². The Labute approximate surface area is 780 Å². The van der Waals surface area contributed by atoms with Crippen LogP contribution in [-0.2, 0) is 112 Å². The summed E-state index contributed by atoms with van der Waals surface area (Å²) in [7, 11) is 0. The zero-order chi connectivity index (χ0) is 101. The maximum Gasteiger partial charge on any atom is 0.326 e. The molecule has 17 atom stereocenters. The molecule has 0 aliphatic carbocycles. The monoisotopic (exact) mass is 1910 g/mol. The number of aromatic hydroxyl groups is 2. The number of carbonyl (C=O) groups is 18. The second-order valence-corrected chi connectivity index (χ2v) is 33.2. The standard InChI is InChI=1S/C87H122N20O27S/c1-42(2)30-58(98-78(125)63(36-69(117)118)101-76(123)60(33-48-19-23-51(112)24-20-48)95-67(114)38-93-84(131)70(45(6)110)106-79(126)59(31-43(3)4)99-81(128)65(40-109)104-82(129)64(39-108)103-73(120)54(88)32-47-14-9-8-10-15-47)75(122)96-56(27-28-68(115)116)74(121)100-62(35-50-37-92-55-17-12-11-16-53(50)55)80(127)107-71(46(7)111)85(132)102-61(34-49-21-25-52(113)26-22-49)77(124)105-66(41-135)83(130)94-44(5)72(119)97-57(86(133)134)18-13-29-91-87(89)90/h8-12,14-17,19-26,37,42-46,54,56-66,70-71,92,108-113,135H,13,18,27-36,38-41,88H2,1-7H3,(H,93,131)(H,94,130)(H,95,114)(H,96,122)(H,97,119)(H,98,125)(H,99,128)(H,100,121)(H,101,123)(H,102,132)(H,103,120)(H,104,129)(H,105,124)(H,106,126)(H,107,127)(H,115,116)(H,117,118)(H,133,134)(H4,89,90,91)/t44-,45+,46+,54-,56-,57-,58-,59-,60-,61-,62-,63-,64-,65-,66-,70-,71-/m0/s1. The minimum atomic E-state index is -2.13. The van der Waals surface area contributed by atoms with Crippen molar-refractivity contribution in [1.29, 1.82) is 0 Å². The molecule has 1 heterocycles. The minimum Gasteiger partial charge on any atom is -0.508 e. The number of carboxylic acids is 3. The first-order chi connectivity index (χ1) is 63.7. The van der Waals surface area contributed by atoms with Crippen molar-refractivity contribution in [2.45, 2.75) is 222 Å². The number of para-hydroxylation sites is 1. The number of aromatic amines is 1. The molecule has 0 unspecified atom stereocenters. The van der Waals surface area contributed by atoms with Gasteiger partial charge in [-0.3, -0.25) is 86.5 Å². The predicted molar refractivity (Wildman–Crippen MR) is 486 cm³/mol. The number of benzene rings is 4. The Morgan fingerprint density at radius 2 is 0.815 bits per heavy atom. The van der Waals surface area contributed by atoms with Crippen LogP contribution in [0.5, 0.6) is 11.5 Å². The molecule has 0 bridgehead atoms. The van der Waals surface area contributed by atoms with Gasteiger partial charge in [-0.25, -0.2) is 4.79 Å². The normalized spacial score (nSPS) is 15.0. The quantitative estimate of drug-likeness (QED) is 0.00745. The first kappa shape index (κ1) is 111. The first-order valence-electron chi connectivity index (χ1n) is 43.0. The number of phenolic OH excluding ortho intramolecular Hbond substituents is 2. The van der Waals surface area contributed by atoms with Gasteiger partial charge in [0.05, 0.1) is 44.4 Å². The van der Waals surface area contributed by atoms with E-state index in [1.54, 1.807) is 82.3 Å². The van der Waals surface area contributed by atoms with Gasteiger partial charge in [-0.1, -0.05) is 100 Å². The van der Waals surface area contributed by atoms with E-state index in [1.807, 2.05) is 0 Å². The summed E-state index contributed by atoms with van der Waals surface area (Å²) in [6, 6.07) is -0.188. The molecule has 0 aliphatic heterocycles. The maximum atomic E-state index is 15.0. The molecule has 0 saturated heterocycles. The van der Waals surface area contributed by atoms with Crippen LogP contribution < -0.4 is 97.0 Å². The number of guanidine groups is 1. The van der Waals surface area contributed by atoms with Crippen LogP contribution in [0.1, 0.15) is 116 Å². The molecule has 0 aliphatic rings. The van der Waals surface area contributed by atoms with E-state index >= 15 is 0 Å². The number of thiol groups is 1. The molecule has 4 aromatic carbocycles. The number of carboxylic acid groups (broad SMARTS) is 3. The van der Waals surface area contributed by atoms with Gasteiger partial charge in [0, 0.05) is 55.1 Å². The van der Waals surface area contributed by atoms with Crippen LogP contribution in [-0.4, -0.2) is 298 Å². The second-order valence-electron chi connectivity index (χ2n) is 32.9. The number of fused-ring (bicyclic) bond motifs is 1. The molecule has 0 fully saturated rings. The Hall–Kier alpha value is -14.1. The number of hydrogen-bond donors (Lipinski definition) is 29. The largest absolute Gasteiger partial charge is 0.508 e. The Balaban J connectivity index is 1.36. The molecular weight excluding hydrogens is 1790 g/mol. The highest BCUT2D eigenvalue weighted by molar-refractivity contribution is 7.80. The number of aliphatic carboxylic acids is 3. The van der Waals surface area contributed by atoms with Crippen LogP contribution in [0, 0.1) is 11.8 Å². The first-order valence-corrected chi connectivity index (χ1v) is 43.7. The number of aromatic nitrogens is 1. The lowest BCUT2D eigenvalue weighted by Gasteiger charge is -2.29. The lowest BCUT2D eigenvalue weighted by atomic mass is 10.00. The van der Waals surface area contributed by atoms with E-state index in [1.165, 1.54) is 61.7 Å². The third-order valence-corrected chi connectivity index (χ3v) is 21.0. The molecule has 47 nitrogen and oxygen atoms in total. The number of H-pyrrole nitrogens is 1. The van der Waals surface area contributed by atoms with E-state index in [0.717, 1.165) is 13.8 Å². The lowest BCUT2D eigenvalue weighted by molar-refractivity contribution is -0.142. The fraction of sp³-hybridized carbons (Fsp3) is 0.483. The third-order valence-electron chi connectivity index (χ3n) is 20.7. The number of nitrogens with one attached hydrogen (secondary N) is 16. The van der Waals surface area contributed by atoms with Crippen LogP contribution in [0.2, 0.25) is 0 Å². The van der Waals surface area contributed by atoms with Crippen molar-refractivity contribution in [3.8, 4) is 11.5 Å². The molecule has 15 amide bonds. The summed E-state index contributed by atoms with van der Waals surface area (Å²) in [5.74, 6) is -23.9. The summed E-state index contributed by atoms with van der Waals surface area (Å²) >= 11 is 4.22. The second kappa shape index (κ2) is 55.4. The van der Waals surface area contributed by atoms with E-state index in [2.05, 4.69) is 102 Å². The number of aliphatic hydroxyl groups is 4. The number of phenols is 2. The summed E-state index contributed by atoms with van der Waals surface area (Å²) in [6.07, 6.45) is -6.69. The topological polar surface area (TPSA) is 776 Å². The predicted octanol–water partition coefficient (Wildman–Crippen LogP) is -6.65. The van der Waals surface area contributed by atoms with Crippen molar-refractivity contribution in [3.05, 3.63) is 132 Å². The van der Waals surface area contributed by atoms with Gasteiger partial charge in [0.15, 0.2) is 5.96 Å². The summed E-state index contributed by atoms with van der Waals surface area (Å²) < 4.78 is 0. The lowest BCUT2D eigenvalue weighted by Crippen LogP contribution is -2.62. The van der Waals surface area contributed by atoms with E-state index in [4.69, 9.17) is 17.2 Å². The minimum absolute atomic E-state index is 0.0399. The van der Waals surface area contributed by atoms with Crippen LogP contribution in [0.3, 0.4) is 0 Å². The smallest absolute Gasteiger partial charge is 0.326 e. The van der Waals surface area contributed by atoms with Crippen LogP contribution in [0.15, 0.2) is 114 Å². The SMILES string of the molecule is CC(C)C[C@H](NC(=O)[C@H](CC(=O)O)NC(=O)[C@H](Cc1ccc(O)cc1)NC(=O)CNC(=O)[C@@H](NC(=O)[C@H](CC(C)C)NC(=O)[C@H](CO)NC(=O)[C@H](CO)NC(=O)[C@@H](N)Cc1ccccc1)[C@@H](C)O)C(=O)N[C@@H](CCC(=O)O)C(=O)N[C@@H](Cc1c[nH]c2ccccc12)C(=O)N[C@H](C(=O)N[C@@H](Cc1ccc(O)cc1)C(=O)N[C@@H](CS)C(=O)N[C@@H](C)C(=O)N[C@@H](CCCN=C(N)N)C(=O)O)[C@@H](C)O. The average Bonchev–Trinajstić information content (AvgIpc) is 1.67. The molecule has 0 radical (unpaired) electrons. The Kier molecular flexibility index (Phi) is 45.7. The van der Waals surface area contributed by atoms with E-state index in [9.17, 15) is 132 Å². The molecule has 5 aromatic rings. The van der Waals surface area contributed by atoms with Gasteiger partial charge < -0.3 is 148 Å². The molecule has 1 aromatic heterocycles. The summed E-state index contributed by atoms with van der Waals surface area (Å²) in [6.45, 7) is 6.78. The van der Waals surface area contributed by atoms with Gasteiger partial charge in [0.1, 0.15) is 96.1 Å². The highest BCUT2D eigenvalue weighted by Crippen LogP contribution is 2.22. The number of hydrogen-bond acceptors (Lipinski definition) is 27. The number of amides is 15. The Bertz CT molecular complexity index is 4940. The van der Waals surface area contributed by atoms with Crippen molar-refractivity contribution in [2.24, 2.45) is 34.0 Å². The molecule has 31 N–H and O–H groups in total. The zero-order valence-corrected chi connectivity index (χ0v) is 76.1. The molecule has 5 rings (SSSR count). The highest BCUT2D eigenvalue weighted by atomic mass is 32.1. The highest BCUT2D eigenvalue weighted by Gasteiger charge is 2.40. The van der Waals surface area contributed by atoms with Gasteiger partial charge >= 0.3 is 17.9 Å². The van der Waals surface area contributed by atoms with Crippen LogP contribution >= 0.6 is 12.6 Å². The third kappa shape index (κ3) is 38.2. The van der Waals surface area contributed by atoms with E-state index < -0.39 is 279 Å². The van der Waals surface area contributed by atoms with Gasteiger partial charge in [0.2, 0.25) is 88.6 Å².